The molecule has 162 valence electrons. The molecule has 3 aromatic rings. The quantitative estimate of drug-likeness (QED) is 0.601. The number of anilines is 1. The van der Waals surface area contributed by atoms with Crippen LogP contribution in [0.15, 0.2) is 78.9 Å². The summed E-state index contributed by atoms with van der Waals surface area (Å²) < 4.78 is 11.3. The van der Waals surface area contributed by atoms with Crippen molar-refractivity contribution in [2.45, 2.75) is 6.10 Å². The zero-order valence-electron chi connectivity index (χ0n) is 18.0. The molecule has 0 spiro atoms. The second-order valence-corrected chi connectivity index (χ2v) is 7.81. The fraction of sp³-hybridized carbons (Fsp3) is 0.308. The third-order valence-corrected chi connectivity index (χ3v) is 5.67. The average molecular weight is 419 g/mol. The van der Waals surface area contributed by atoms with Gasteiger partial charge in [0.2, 0.25) is 0 Å². The van der Waals surface area contributed by atoms with Crippen molar-refractivity contribution in [2.24, 2.45) is 0 Å². The number of aliphatic hydroxyl groups excluding tert-OH is 1. The molecule has 1 aliphatic rings. The number of benzene rings is 3. The lowest BCUT2D eigenvalue weighted by Crippen LogP contribution is -2.49. The summed E-state index contributed by atoms with van der Waals surface area (Å²) in [6.07, 6.45) is -0.522. The molecule has 1 atom stereocenters. The number of rotatable bonds is 8. The zero-order valence-corrected chi connectivity index (χ0v) is 18.0. The first-order valence-corrected chi connectivity index (χ1v) is 10.8. The number of methoxy groups -OCH3 is 1. The Balaban J connectivity index is 1.22. The predicted octanol–water partition coefficient (Wildman–Crippen LogP) is 3.92. The van der Waals surface area contributed by atoms with Crippen LogP contribution in [-0.4, -0.2) is 62.6 Å². The van der Waals surface area contributed by atoms with Crippen molar-refractivity contribution in [3.63, 3.8) is 0 Å². The Hall–Kier alpha value is -3.02. The molecule has 0 saturated carbocycles. The maximum absolute atomic E-state index is 10.5. The molecular weight excluding hydrogens is 388 g/mol. The van der Waals surface area contributed by atoms with Crippen LogP contribution < -0.4 is 14.4 Å². The number of hydrogen-bond donors (Lipinski definition) is 1. The van der Waals surface area contributed by atoms with Gasteiger partial charge in [-0.15, -0.1) is 0 Å². The average Bonchev–Trinajstić information content (AvgIpc) is 2.84. The molecule has 0 unspecified atom stereocenters. The highest BCUT2D eigenvalue weighted by Gasteiger charge is 2.21. The Kier molecular flexibility index (Phi) is 7.07. The Morgan fingerprint density at radius 1 is 0.806 bits per heavy atom. The van der Waals surface area contributed by atoms with E-state index in [1.807, 2.05) is 60.7 Å². The Morgan fingerprint density at radius 3 is 2.16 bits per heavy atom. The molecule has 1 aliphatic heterocycles. The normalized spacial score (nSPS) is 15.5. The molecule has 1 fully saturated rings. The minimum atomic E-state index is -0.522. The largest absolute Gasteiger partial charge is 0.495 e. The van der Waals surface area contributed by atoms with E-state index in [9.17, 15) is 5.11 Å². The summed E-state index contributed by atoms with van der Waals surface area (Å²) in [5.41, 5.74) is 3.47. The molecule has 1 N–H and O–H groups in total. The molecule has 3 aromatic carbocycles. The van der Waals surface area contributed by atoms with E-state index in [1.54, 1.807) is 7.11 Å². The van der Waals surface area contributed by atoms with Crippen LogP contribution in [0.1, 0.15) is 0 Å². The highest BCUT2D eigenvalue weighted by Crippen LogP contribution is 2.28. The molecule has 5 heteroatoms. The van der Waals surface area contributed by atoms with E-state index in [0.29, 0.717) is 6.54 Å². The molecule has 5 nitrogen and oxygen atoms in total. The molecule has 4 rings (SSSR count). The second kappa shape index (κ2) is 10.3. The highest BCUT2D eigenvalue weighted by atomic mass is 16.5. The second-order valence-electron chi connectivity index (χ2n) is 7.81. The van der Waals surface area contributed by atoms with E-state index < -0.39 is 6.10 Å². The molecule has 0 amide bonds. The van der Waals surface area contributed by atoms with E-state index >= 15 is 0 Å². The molecule has 0 aromatic heterocycles. The standard InChI is InChI=1S/C26H30N2O3/c1-30-26-10-6-5-9-25(26)28-17-15-27(16-18-28)19-23(29)20-31-24-13-11-22(12-14-24)21-7-3-2-4-8-21/h2-14,23,29H,15-20H2,1H3/t23-/m0/s1. The number of nitrogens with zero attached hydrogens (tertiary/aromatic N) is 2. The molecule has 1 heterocycles. The third-order valence-electron chi connectivity index (χ3n) is 5.67. The number of ether oxygens (including phenoxy) is 2. The van der Waals surface area contributed by atoms with Crippen LogP contribution in [0.2, 0.25) is 0 Å². The van der Waals surface area contributed by atoms with Gasteiger partial charge in [0, 0.05) is 32.7 Å². The first-order valence-electron chi connectivity index (χ1n) is 10.8. The highest BCUT2D eigenvalue weighted by molar-refractivity contribution is 5.64. The van der Waals surface area contributed by atoms with E-state index in [2.05, 4.69) is 28.0 Å². The topological polar surface area (TPSA) is 45.2 Å². The van der Waals surface area contributed by atoms with Crippen LogP contribution in [0.5, 0.6) is 11.5 Å². The van der Waals surface area contributed by atoms with Gasteiger partial charge in [0.15, 0.2) is 0 Å². The van der Waals surface area contributed by atoms with Gasteiger partial charge in [0.25, 0.3) is 0 Å². The molecular formula is C26H30N2O3. The van der Waals surface area contributed by atoms with Gasteiger partial charge >= 0.3 is 0 Å². The van der Waals surface area contributed by atoms with Crippen LogP contribution in [0.4, 0.5) is 5.69 Å². The van der Waals surface area contributed by atoms with Crippen LogP contribution >= 0.6 is 0 Å². The first-order chi connectivity index (χ1) is 15.2. The van der Waals surface area contributed by atoms with E-state index in [4.69, 9.17) is 9.47 Å². The van der Waals surface area contributed by atoms with Gasteiger partial charge in [-0.25, -0.2) is 0 Å². The fourth-order valence-electron chi connectivity index (χ4n) is 3.98. The SMILES string of the molecule is COc1ccccc1N1CCN(C[C@H](O)COc2ccc(-c3ccccc3)cc2)CC1. The predicted molar refractivity (Wildman–Crippen MR) is 125 cm³/mol. The van der Waals surface area contributed by atoms with Crippen LogP contribution in [-0.2, 0) is 0 Å². The molecule has 0 bridgehead atoms. The van der Waals surface area contributed by atoms with Crippen molar-refractivity contribution < 1.29 is 14.6 Å². The van der Waals surface area contributed by atoms with Gasteiger partial charge in [0.1, 0.15) is 24.2 Å². The van der Waals surface area contributed by atoms with E-state index in [0.717, 1.165) is 48.9 Å². The number of piperazine rings is 1. The lowest BCUT2D eigenvalue weighted by molar-refractivity contribution is 0.0663. The van der Waals surface area contributed by atoms with Crippen LogP contribution in [0, 0.1) is 0 Å². The van der Waals surface area contributed by atoms with Gasteiger partial charge in [-0.3, -0.25) is 4.90 Å². The van der Waals surface area contributed by atoms with Crippen LogP contribution in [0.25, 0.3) is 11.1 Å². The minimum Gasteiger partial charge on any atom is -0.495 e. The van der Waals surface area contributed by atoms with Crippen molar-refractivity contribution in [3.8, 4) is 22.6 Å². The van der Waals surface area contributed by atoms with Gasteiger partial charge in [-0.05, 0) is 35.4 Å². The summed E-state index contributed by atoms with van der Waals surface area (Å²) in [7, 11) is 1.71. The molecule has 31 heavy (non-hydrogen) atoms. The first kappa shape index (κ1) is 21.2. The van der Waals surface area contributed by atoms with E-state index in [-0.39, 0.29) is 6.61 Å². The Labute approximate surface area is 184 Å². The molecule has 1 saturated heterocycles. The lowest BCUT2D eigenvalue weighted by Gasteiger charge is -2.37. The van der Waals surface area contributed by atoms with Gasteiger partial charge in [-0.1, -0.05) is 54.6 Å². The maximum atomic E-state index is 10.5. The van der Waals surface area contributed by atoms with Gasteiger partial charge < -0.3 is 19.5 Å². The fourth-order valence-corrected chi connectivity index (χ4v) is 3.98. The Bertz CT molecular complexity index is 938. The van der Waals surface area contributed by atoms with E-state index in [1.165, 1.54) is 5.56 Å². The van der Waals surface area contributed by atoms with Crippen LogP contribution in [0.3, 0.4) is 0 Å². The van der Waals surface area contributed by atoms with Crippen molar-refractivity contribution >= 4 is 5.69 Å². The molecule has 0 radical (unpaired) electrons. The Morgan fingerprint density at radius 2 is 1.45 bits per heavy atom. The van der Waals surface area contributed by atoms with Gasteiger partial charge in [0.05, 0.1) is 12.8 Å². The van der Waals surface area contributed by atoms with Crippen molar-refractivity contribution in [1.29, 1.82) is 0 Å². The molecule has 0 aliphatic carbocycles. The smallest absolute Gasteiger partial charge is 0.142 e. The number of para-hydroxylation sites is 2. The number of aliphatic hydroxyl groups is 1. The summed E-state index contributed by atoms with van der Waals surface area (Å²) in [6, 6.07) is 26.4. The minimum absolute atomic E-state index is 0.289. The van der Waals surface area contributed by atoms with Gasteiger partial charge in [-0.2, -0.15) is 0 Å². The van der Waals surface area contributed by atoms with Crippen molar-refractivity contribution in [3.05, 3.63) is 78.9 Å². The monoisotopic (exact) mass is 418 g/mol. The summed E-state index contributed by atoms with van der Waals surface area (Å²) in [5, 5.41) is 10.5. The summed E-state index contributed by atoms with van der Waals surface area (Å²) in [5.74, 6) is 1.68. The zero-order chi connectivity index (χ0) is 21.5. The van der Waals surface area contributed by atoms with Crippen molar-refractivity contribution in [1.82, 2.24) is 4.90 Å². The third kappa shape index (κ3) is 5.57. The lowest BCUT2D eigenvalue weighted by atomic mass is 10.1. The van der Waals surface area contributed by atoms with Crippen molar-refractivity contribution in [2.75, 3.05) is 51.3 Å². The summed E-state index contributed by atoms with van der Waals surface area (Å²) >= 11 is 0. The summed E-state index contributed by atoms with van der Waals surface area (Å²) in [4.78, 5) is 4.63. The summed E-state index contributed by atoms with van der Waals surface area (Å²) in [6.45, 7) is 4.53. The maximum Gasteiger partial charge on any atom is 0.142 e. The number of hydrogen-bond acceptors (Lipinski definition) is 5. The number of β-amino-alcohol motifs (C(OH)–C–C–N with tert-alkyl or cyclic N) is 1.